The topological polar surface area (TPSA) is 55.4 Å². The Bertz CT molecular complexity index is 417. The molecule has 1 N–H and O–H groups in total. The van der Waals surface area contributed by atoms with Crippen molar-refractivity contribution in [3.8, 4) is 12.3 Å². The van der Waals surface area contributed by atoms with Crippen LogP contribution in [0.15, 0.2) is 11.4 Å². The molecule has 1 rings (SSSR count). The zero-order valence-electron chi connectivity index (χ0n) is 8.07. The number of terminal acetylenes is 1. The molecule has 0 aliphatic carbocycles. The van der Waals surface area contributed by atoms with E-state index < -0.39 is 5.97 Å². The molecule has 1 aromatic heterocycles. The van der Waals surface area contributed by atoms with E-state index >= 15 is 0 Å². The third-order valence-corrected chi connectivity index (χ3v) is 2.47. The van der Waals surface area contributed by atoms with Crippen molar-refractivity contribution in [2.45, 2.75) is 6.42 Å². The first-order valence-corrected chi connectivity index (χ1v) is 4.96. The van der Waals surface area contributed by atoms with Crippen LogP contribution in [-0.4, -0.2) is 19.0 Å². The molecule has 0 aliphatic heterocycles. The number of thiophene rings is 1. The third kappa shape index (κ3) is 2.82. The highest BCUT2D eigenvalue weighted by Crippen LogP contribution is 2.23. The first-order chi connectivity index (χ1) is 7.19. The van der Waals surface area contributed by atoms with Gasteiger partial charge < -0.3 is 10.1 Å². The Kier molecular flexibility index (Phi) is 3.89. The maximum atomic E-state index is 11.2. The summed E-state index contributed by atoms with van der Waals surface area (Å²) in [6.45, 7) is 0. The number of hydrogen-bond acceptors (Lipinski definition) is 4. The number of carbonyl (C=O) groups is 2. The summed E-state index contributed by atoms with van der Waals surface area (Å²) < 4.78 is 4.56. The number of nitrogens with one attached hydrogen (secondary N) is 1. The quantitative estimate of drug-likeness (QED) is 0.624. The third-order valence-electron chi connectivity index (χ3n) is 1.57. The predicted octanol–water partition coefficient (Wildman–Crippen LogP) is 1.50. The van der Waals surface area contributed by atoms with Gasteiger partial charge in [-0.3, -0.25) is 4.79 Å². The molecule has 0 unspecified atom stereocenters. The summed E-state index contributed by atoms with van der Waals surface area (Å²) in [7, 11) is 1.29. The van der Waals surface area contributed by atoms with Crippen molar-refractivity contribution < 1.29 is 14.3 Å². The van der Waals surface area contributed by atoms with Crippen molar-refractivity contribution in [3.63, 3.8) is 0 Å². The van der Waals surface area contributed by atoms with Crippen LogP contribution in [-0.2, 0) is 9.53 Å². The summed E-state index contributed by atoms with van der Waals surface area (Å²) in [4.78, 5) is 22.8. The zero-order valence-corrected chi connectivity index (χ0v) is 8.89. The molecule has 0 radical (unpaired) electrons. The van der Waals surface area contributed by atoms with E-state index in [0.29, 0.717) is 10.6 Å². The van der Waals surface area contributed by atoms with Gasteiger partial charge in [0.2, 0.25) is 5.91 Å². The van der Waals surface area contributed by atoms with Gasteiger partial charge in [-0.25, -0.2) is 4.79 Å². The first kappa shape index (κ1) is 11.3. The van der Waals surface area contributed by atoms with Crippen LogP contribution in [0.5, 0.6) is 0 Å². The standard InChI is InChI=1S/C10H9NO3S/c1-3-4-8(12)11-7-5-6-15-9(7)10(13)14-2/h1,5-6H,4H2,2H3,(H,11,12). The van der Waals surface area contributed by atoms with Crippen molar-refractivity contribution in [3.05, 3.63) is 16.3 Å². The molecule has 1 aromatic rings. The SMILES string of the molecule is C#CCC(=O)Nc1ccsc1C(=O)OC. The molecule has 0 atom stereocenters. The second-order valence-corrected chi connectivity index (χ2v) is 3.50. The van der Waals surface area contributed by atoms with E-state index in [4.69, 9.17) is 6.42 Å². The van der Waals surface area contributed by atoms with Gasteiger partial charge in [-0.2, -0.15) is 0 Å². The number of hydrogen-bond donors (Lipinski definition) is 1. The minimum atomic E-state index is -0.471. The average Bonchev–Trinajstić information content (AvgIpc) is 2.65. The summed E-state index contributed by atoms with van der Waals surface area (Å²) in [5, 5.41) is 4.23. The summed E-state index contributed by atoms with van der Waals surface area (Å²) in [5.41, 5.74) is 0.437. The lowest BCUT2D eigenvalue weighted by atomic mass is 10.3. The Hall–Kier alpha value is -1.80. The van der Waals surface area contributed by atoms with Crippen molar-refractivity contribution in [1.82, 2.24) is 0 Å². The maximum absolute atomic E-state index is 11.2. The molecule has 1 heterocycles. The van der Waals surface area contributed by atoms with Crippen LogP contribution in [0.3, 0.4) is 0 Å². The van der Waals surface area contributed by atoms with Crippen LogP contribution in [0.25, 0.3) is 0 Å². The number of anilines is 1. The van der Waals surface area contributed by atoms with Gasteiger partial charge in [-0.05, 0) is 11.4 Å². The minimum absolute atomic E-state index is 0.0174. The monoisotopic (exact) mass is 223 g/mol. The Balaban J connectivity index is 2.78. The molecule has 4 nitrogen and oxygen atoms in total. The van der Waals surface area contributed by atoms with Crippen molar-refractivity contribution >= 4 is 28.9 Å². The highest BCUT2D eigenvalue weighted by Gasteiger charge is 2.14. The van der Waals surface area contributed by atoms with E-state index in [-0.39, 0.29) is 12.3 Å². The van der Waals surface area contributed by atoms with Crippen LogP contribution in [0, 0.1) is 12.3 Å². The lowest BCUT2D eigenvalue weighted by molar-refractivity contribution is -0.115. The molecule has 0 spiro atoms. The number of amides is 1. The smallest absolute Gasteiger partial charge is 0.350 e. The molecule has 0 bridgehead atoms. The van der Waals surface area contributed by atoms with Crippen LogP contribution < -0.4 is 5.32 Å². The number of ether oxygens (including phenoxy) is 1. The summed E-state index contributed by atoms with van der Waals surface area (Å²) >= 11 is 1.20. The van der Waals surface area contributed by atoms with Gasteiger partial charge in [0.05, 0.1) is 19.2 Å². The second-order valence-electron chi connectivity index (χ2n) is 2.58. The van der Waals surface area contributed by atoms with E-state index in [1.165, 1.54) is 18.4 Å². The molecule has 15 heavy (non-hydrogen) atoms. The Morgan fingerprint density at radius 1 is 1.67 bits per heavy atom. The van der Waals surface area contributed by atoms with Crippen LogP contribution in [0.2, 0.25) is 0 Å². The molecular formula is C10H9NO3S. The molecule has 0 saturated carbocycles. The maximum Gasteiger partial charge on any atom is 0.350 e. The van der Waals surface area contributed by atoms with Gasteiger partial charge in [0.1, 0.15) is 4.88 Å². The first-order valence-electron chi connectivity index (χ1n) is 4.08. The average molecular weight is 223 g/mol. The summed E-state index contributed by atoms with van der Waals surface area (Å²) in [6, 6.07) is 1.63. The van der Waals surface area contributed by atoms with E-state index in [1.807, 2.05) is 0 Å². The molecule has 1 amide bonds. The molecule has 0 aliphatic rings. The van der Waals surface area contributed by atoms with Crippen LogP contribution >= 0.6 is 11.3 Å². The lowest BCUT2D eigenvalue weighted by Gasteiger charge is -2.02. The van der Waals surface area contributed by atoms with Gasteiger partial charge in [0.15, 0.2) is 0 Å². The van der Waals surface area contributed by atoms with Gasteiger partial charge in [0.25, 0.3) is 0 Å². The number of esters is 1. The highest BCUT2D eigenvalue weighted by molar-refractivity contribution is 7.12. The molecular weight excluding hydrogens is 214 g/mol. The largest absolute Gasteiger partial charge is 0.465 e. The number of methoxy groups -OCH3 is 1. The van der Waals surface area contributed by atoms with Crippen LogP contribution in [0.1, 0.15) is 16.1 Å². The molecule has 0 fully saturated rings. The predicted molar refractivity (Wildman–Crippen MR) is 57.7 cm³/mol. The Morgan fingerprint density at radius 3 is 3.00 bits per heavy atom. The highest BCUT2D eigenvalue weighted by atomic mass is 32.1. The fourth-order valence-corrected chi connectivity index (χ4v) is 1.71. The zero-order chi connectivity index (χ0) is 11.3. The van der Waals surface area contributed by atoms with Crippen molar-refractivity contribution in [2.24, 2.45) is 0 Å². The molecule has 78 valence electrons. The normalized spacial score (nSPS) is 9.07. The summed E-state index contributed by atoms with van der Waals surface area (Å²) in [6.07, 6.45) is 4.97. The van der Waals surface area contributed by atoms with Gasteiger partial charge in [-0.15, -0.1) is 17.8 Å². The fraction of sp³-hybridized carbons (Fsp3) is 0.200. The summed E-state index contributed by atoms with van der Waals surface area (Å²) in [5.74, 6) is 1.43. The van der Waals surface area contributed by atoms with Gasteiger partial charge in [-0.1, -0.05) is 5.92 Å². The van der Waals surface area contributed by atoms with Crippen molar-refractivity contribution in [2.75, 3.05) is 12.4 Å². The van der Waals surface area contributed by atoms with E-state index in [0.717, 1.165) is 0 Å². The van der Waals surface area contributed by atoms with Crippen LogP contribution in [0.4, 0.5) is 5.69 Å². The molecule has 5 heteroatoms. The second kappa shape index (κ2) is 5.17. The van der Waals surface area contributed by atoms with Gasteiger partial charge >= 0.3 is 5.97 Å². The Morgan fingerprint density at radius 2 is 2.40 bits per heavy atom. The van der Waals surface area contributed by atoms with Gasteiger partial charge in [0, 0.05) is 0 Å². The van der Waals surface area contributed by atoms with E-state index in [2.05, 4.69) is 16.0 Å². The molecule has 0 aromatic carbocycles. The minimum Gasteiger partial charge on any atom is -0.465 e. The molecule has 0 saturated heterocycles. The number of rotatable bonds is 3. The number of carbonyl (C=O) groups excluding carboxylic acids is 2. The fourth-order valence-electron chi connectivity index (χ4n) is 0.946. The lowest BCUT2D eigenvalue weighted by Crippen LogP contribution is -2.12. The van der Waals surface area contributed by atoms with Crippen molar-refractivity contribution in [1.29, 1.82) is 0 Å². The Labute approximate surface area is 91.2 Å². The van der Waals surface area contributed by atoms with E-state index in [1.54, 1.807) is 11.4 Å². The van der Waals surface area contributed by atoms with E-state index in [9.17, 15) is 9.59 Å².